The van der Waals surface area contributed by atoms with Crippen molar-refractivity contribution in [3.05, 3.63) is 243 Å². The van der Waals surface area contributed by atoms with Crippen molar-refractivity contribution in [1.82, 2.24) is 9.97 Å². The van der Waals surface area contributed by atoms with Gasteiger partial charge in [0, 0.05) is 16.7 Å². The van der Waals surface area contributed by atoms with Gasteiger partial charge in [-0.1, -0.05) is 224 Å². The average Bonchev–Trinajstić information content (AvgIpc) is 3.38. The predicted molar refractivity (Wildman–Crippen MR) is 270 cm³/mol. The maximum absolute atomic E-state index is 5.12. The van der Waals surface area contributed by atoms with Gasteiger partial charge >= 0.3 is 0 Å². The first-order valence-corrected chi connectivity index (χ1v) is 21.9. The summed E-state index contributed by atoms with van der Waals surface area (Å²) in [5, 5.41) is 10.2. The molecule has 1 aromatic heterocycles. The number of aromatic nitrogens is 2. The van der Waals surface area contributed by atoms with E-state index in [0.29, 0.717) is 5.82 Å². The van der Waals surface area contributed by atoms with Crippen molar-refractivity contribution in [1.29, 1.82) is 0 Å². The third-order valence-corrected chi connectivity index (χ3v) is 12.7. The Labute approximate surface area is 372 Å². The second-order valence-electron chi connectivity index (χ2n) is 16.5. The standard InChI is InChI=1S/C62H40N2/c1-2-12-49(13-3-1)62-63-60(47-34-26-43(27-35-47)41-22-30-45(31-23-41)58-38-50-14-4-6-16-52(50)54-18-8-10-20-56(54)58)40-61(64-62)48-36-28-44(29-37-48)42-24-32-46(33-25-42)59-39-51-15-5-7-17-53(51)55-19-9-11-21-57(55)59/h1-40H. The van der Waals surface area contributed by atoms with Crippen LogP contribution in [0.2, 0.25) is 0 Å². The van der Waals surface area contributed by atoms with E-state index in [1.54, 1.807) is 0 Å². The molecule has 11 aromatic carbocycles. The molecule has 0 bridgehead atoms. The summed E-state index contributed by atoms with van der Waals surface area (Å²) in [6.45, 7) is 0. The fourth-order valence-corrected chi connectivity index (χ4v) is 9.40. The third-order valence-electron chi connectivity index (χ3n) is 12.7. The monoisotopic (exact) mass is 812 g/mol. The molecule has 298 valence electrons. The summed E-state index contributed by atoms with van der Waals surface area (Å²) in [6, 6.07) is 87.1. The van der Waals surface area contributed by atoms with E-state index in [2.05, 4.69) is 224 Å². The summed E-state index contributed by atoms with van der Waals surface area (Å²) in [5.74, 6) is 0.704. The van der Waals surface area contributed by atoms with Crippen LogP contribution >= 0.6 is 0 Å². The van der Waals surface area contributed by atoms with Gasteiger partial charge in [-0.05, 0) is 106 Å². The number of rotatable bonds is 7. The molecule has 0 spiro atoms. The number of fused-ring (bicyclic) bond motifs is 6. The van der Waals surface area contributed by atoms with E-state index < -0.39 is 0 Å². The van der Waals surface area contributed by atoms with Gasteiger partial charge in [-0.15, -0.1) is 0 Å². The highest BCUT2D eigenvalue weighted by Gasteiger charge is 2.14. The molecule has 0 amide bonds. The van der Waals surface area contributed by atoms with E-state index in [4.69, 9.17) is 9.97 Å². The van der Waals surface area contributed by atoms with Crippen molar-refractivity contribution in [2.75, 3.05) is 0 Å². The summed E-state index contributed by atoms with van der Waals surface area (Å²) in [4.78, 5) is 10.2. The molecule has 0 aliphatic rings. The molecule has 0 saturated heterocycles. The van der Waals surface area contributed by atoms with Crippen molar-refractivity contribution < 1.29 is 0 Å². The minimum atomic E-state index is 0.704. The molecule has 12 rings (SSSR count). The molecule has 1 heterocycles. The second kappa shape index (κ2) is 15.8. The highest BCUT2D eigenvalue weighted by Crippen LogP contribution is 2.38. The molecule has 0 unspecified atom stereocenters. The topological polar surface area (TPSA) is 25.8 Å². The molecule has 0 N–H and O–H groups in total. The van der Waals surface area contributed by atoms with Gasteiger partial charge in [0.1, 0.15) is 0 Å². The predicted octanol–water partition coefficient (Wildman–Crippen LogP) is 16.8. The molecule has 0 aliphatic carbocycles. The lowest BCUT2D eigenvalue weighted by Gasteiger charge is -2.12. The molecule has 0 atom stereocenters. The molecule has 12 aromatic rings. The fourth-order valence-electron chi connectivity index (χ4n) is 9.40. The van der Waals surface area contributed by atoms with Crippen LogP contribution in [0.1, 0.15) is 0 Å². The number of benzene rings is 11. The van der Waals surface area contributed by atoms with E-state index >= 15 is 0 Å². The maximum atomic E-state index is 5.12. The van der Waals surface area contributed by atoms with Crippen LogP contribution in [0.3, 0.4) is 0 Å². The van der Waals surface area contributed by atoms with Gasteiger partial charge in [0.2, 0.25) is 0 Å². The Morgan fingerprint density at radius 2 is 0.516 bits per heavy atom. The van der Waals surface area contributed by atoms with Crippen molar-refractivity contribution in [2.45, 2.75) is 0 Å². The van der Waals surface area contributed by atoms with Gasteiger partial charge in [0.15, 0.2) is 5.82 Å². The molecule has 2 nitrogen and oxygen atoms in total. The first kappa shape index (κ1) is 37.3. The number of hydrogen-bond donors (Lipinski definition) is 0. The summed E-state index contributed by atoms with van der Waals surface area (Å²) >= 11 is 0. The van der Waals surface area contributed by atoms with Gasteiger partial charge in [-0.2, -0.15) is 0 Å². The van der Waals surface area contributed by atoms with Crippen molar-refractivity contribution in [3.63, 3.8) is 0 Å². The average molecular weight is 813 g/mol. The first-order chi connectivity index (χ1) is 31.7. The third kappa shape index (κ3) is 6.79. The van der Waals surface area contributed by atoms with Gasteiger partial charge in [-0.25, -0.2) is 9.97 Å². The van der Waals surface area contributed by atoms with Gasteiger partial charge < -0.3 is 0 Å². The van der Waals surface area contributed by atoms with Gasteiger partial charge in [0.05, 0.1) is 11.4 Å². The van der Waals surface area contributed by atoms with Crippen LogP contribution in [0.15, 0.2) is 243 Å². The highest BCUT2D eigenvalue weighted by molar-refractivity contribution is 6.15. The maximum Gasteiger partial charge on any atom is 0.160 e. The molecule has 64 heavy (non-hydrogen) atoms. The van der Waals surface area contributed by atoms with Crippen molar-refractivity contribution >= 4 is 43.1 Å². The normalized spacial score (nSPS) is 11.4. The van der Waals surface area contributed by atoms with E-state index in [0.717, 1.165) is 39.2 Å². The summed E-state index contributed by atoms with van der Waals surface area (Å²) in [5.41, 5.74) is 14.4. The van der Waals surface area contributed by atoms with Crippen LogP contribution in [-0.2, 0) is 0 Å². The Hall–Kier alpha value is -8.46. The molecule has 0 aliphatic heterocycles. The van der Waals surface area contributed by atoms with Crippen molar-refractivity contribution in [2.24, 2.45) is 0 Å². The fraction of sp³-hybridized carbons (Fsp3) is 0. The zero-order valence-corrected chi connectivity index (χ0v) is 35.0. The van der Waals surface area contributed by atoms with E-state index in [-0.39, 0.29) is 0 Å². The zero-order valence-electron chi connectivity index (χ0n) is 35.0. The first-order valence-electron chi connectivity index (χ1n) is 21.9. The molecule has 2 heteroatoms. The van der Waals surface area contributed by atoms with Gasteiger partial charge in [0.25, 0.3) is 0 Å². The Morgan fingerprint density at radius 1 is 0.203 bits per heavy atom. The molecular formula is C62H40N2. The quantitative estimate of drug-likeness (QED) is 0.150. The van der Waals surface area contributed by atoms with Crippen LogP contribution in [0, 0.1) is 0 Å². The molecular weight excluding hydrogens is 773 g/mol. The van der Waals surface area contributed by atoms with Crippen molar-refractivity contribution in [3.8, 4) is 78.4 Å². The van der Waals surface area contributed by atoms with Crippen LogP contribution in [0.4, 0.5) is 0 Å². The summed E-state index contributed by atoms with van der Waals surface area (Å²) in [7, 11) is 0. The van der Waals surface area contributed by atoms with Crippen LogP contribution < -0.4 is 0 Å². The largest absolute Gasteiger partial charge is 0.228 e. The molecule has 0 fully saturated rings. The number of hydrogen-bond acceptors (Lipinski definition) is 2. The minimum absolute atomic E-state index is 0.704. The summed E-state index contributed by atoms with van der Waals surface area (Å²) < 4.78 is 0. The Morgan fingerprint density at radius 3 is 0.922 bits per heavy atom. The van der Waals surface area contributed by atoms with E-state index in [9.17, 15) is 0 Å². The van der Waals surface area contributed by atoms with Crippen LogP contribution in [-0.4, -0.2) is 9.97 Å². The molecule has 0 radical (unpaired) electrons. The SMILES string of the molecule is c1ccc(-c2nc(-c3ccc(-c4ccc(-c5cc6ccccc6c6ccccc56)cc4)cc3)cc(-c3ccc(-c4ccc(-c5cc6ccccc6c6ccccc56)cc4)cc3)n2)cc1. The lowest BCUT2D eigenvalue weighted by Crippen LogP contribution is -1.96. The van der Waals surface area contributed by atoms with Crippen LogP contribution in [0.25, 0.3) is 122 Å². The Bertz CT molecular complexity index is 3440. The lowest BCUT2D eigenvalue weighted by molar-refractivity contribution is 1.18. The smallest absolute Gasteiger partial charge is 0.160 e. The number of nitrogens with zero attached hydrogens (tertiary/aromatic N) is 2. The Balaban J connectivity index is 0.835. The Kier molecular flexibility index (Phi) is 9.20. The lowest BCUT2D eigenvalue weighted by atomic mass is 9.92. The highest BCUT2D eigenvalue weighted by atomic mass is 14.9. The molecule has 0 saturated carbocycles. The summed E-state index contributed by atoms with van der Waals surface area (Å²) in [6.07, 6.45) is 0. The van der Waals surface area contributed by atoms with E-state index in [1.807, 2.05) is 18.2 Å². The van der Waals surface area contributed by atoms with E-state index in [1.165, 1.54) is 76.5 Å². The van der Waals surface area contributed by atoms with Gasteiger partial charge in [-0.3, -0.25) is 0 Å². The minimum Gasteiger partial charge on any atom is -0.228 e. The zero-order chi connectivity index (χ0) is 42.4. The second-order valence-corrected chi connectivity index (χ2v) is 16.5. The van der Waals surface area contributed by atoms with Crippen LogP contribution in [0.5, 0.6) is 0 Å².